The Balaban J connectivity index is 1.29. The molecule has 1 aliphatic heterocycles. The fraction of sp³-hybridized carbons (Fsp3) is 0.333. The van der Waals surface area contributed by atoms with Crippen LogP contribution >= 0.6 is 11.3 Å². The van der Waals surface area contributed by atoms with Crippen molar-refractivity contribution in [2.24, 2.45) is 0 Å². The van der Waals surface area contributed by atoms with E-state index in [1.54, 1.807) is 24.3 Å². The van der Waals surface area contributed by atoms with Crippen molar-refractivity contribution in [3.63, 3.8) is 0 Å². The van der Waals surface area contributed by atoms with Gasteiger partial charge in [0.15, 0.2) is 11.5 Å². The standard InChI is InChI=1S/C21H19N3O8S2/c1-29-20(26)17-11-5-4-8-15(11)33-19(17)22-16(25)10-34(27,28)21-24-23-18(32-21)14-9-30-12-6-2-3-7-13(12)31-14/h2-3,6-7,14H,4-5,8-10H2,1H3,(H,22,25). The minimum absolute atomic E-state index is 0.0541. The van der Waals surface area contributed by atoms with Crippen molar-refractivity contribution in [3.8, 4) is 11.5 Å². The molecule has 0 saturated carbocycles. The number of hydrogen-bond acceptors (Lipinski definition) is 11. The van der Waals surface area contributed by atoms with Crippen LogP contribution in [-0.2, 0) is 32.2 Å². The van der Waals surface area contributed by atoms with Gasteiger partial charge in [-0.1, -0.05) is 17.2 Å². The molecule has 2 aliphatic rings. The summed E-state index contributed by atoms with van der Waals surface area (Å²) in [6, 6.07) is 6.99. The number of nitrogens with one attached hydrogen (secondary N) is 1. The van der Waals surface area contributed by atoms with Gasteiger partial charge in [0.05, 0.1) is 12.7 Å². The van der Waals surface area contributed by atoms with Crippen molar-refractivity contribution < 1.29 is 36.6 Å². The third kappa shape index (κ3) is 4.12. The lowest BCUT2D eigenvalue weighted by atomic mass is 10.1. The predicted octanol–water partition coefficient (Wildman–Crippen LogP) is 2.33. The smallest absolute Gasteiger partial charge is 0.341 e. The van der Waals surface area contributed by atoms with E-state index in [1.165, 1.54) is 18.4 Å². The molecule has 0 bridgehead atoms. The Hall–Kier alpha value is -3.45. The van der Waals surface area contributed by atoms with Gasteiger partial charge in [0.2, 0.25) is 21.8 Å². The van der Waals surface area contributed by atoms with Crippen molar-refractivity contribution in [2.75, 3.05) is 24.8 Å². The van der Waals surface area contributed by atoms with Gasteiger partial charge < -0.3 is 23.9 Å². The number of aromatic nitrogens is 2. The molecule has 1 unspecified atom stereocenters. The average Bonchev–Trinajstić information content (AvgIpc) is 3.54. The first-order valence-electron chi connectivity index (χ1n) is 10.3. The lowest BCUT2D eigenvalue weighted by molar-refractivity contribution is -0.113. The zero-order valence-electron chi connectivity index (χ0n) is 17.9. The van der Waals surface area contributed by atoms with E-state index in [1.807, 2.05) is 0 Å². The van der Waals surface area contributed by atoms with Gasteiger partial charge in [-0.05, 0) is 37.0 Å². The van der Waals surface area contributed by atoms with E-state index in [-0.39, 0.29) is 23.1 Å². The fourth-order valence-electron chi connectivity index (χ4n) is 3.82. The summed E-state index contributed by atoms with van der Waals surface area (Å²) in [6.45, 7) is 0.0541. The molecule has 0 radical (unpaired) electrons. The molecule has 1 atom stereocenters. The Morgan fingerprint density at radius 2 is 2.00 bits per heavy atom. The van der Waals surface area contributed by atoms with E-state index in [0.717, 1.165) is 23.3 Å². The summed E-state index contributed by atoms with van der Waals surface area (Å²) < 4.78 is 46.9. The highest BCUT2D eigenvalue weighted by molar-refractivity contribution is 7.91. The maximum atomic E-state index is 12.7. The molecule has 0 saturated heterocycles. The summed E-state index contributed by atoms with van der Waals surface area (Å²) in [5.41, 5.74) is 1.12. The van der Waals surface area contributed by atoms with E-state index in [0.29, 0.717) is 17.9 Å². The molecule has 1 N–H and O–H groups in total. The second kappa shape index (κ2) is 8.72. The molecule has 1 aromatic carbocycles. The molecule has 2 aromatic heterocycles. The summed E-state index contributed by atoms with van der Waals surface area (Å²) in [5, 5.41) is 9.44. The summed E-state index contributed by atoms with van der Waals surface area (Å²) in [5.74, 6) is -1.43. The van der Waals surface area contributed by atoms with Gasteiger partial charge >= 0.3 is 11.2 Å². The van der Waals surface area contributed by atoms with Crippen LogP contribution in [0.15, 0.2) is 33.9 Å². The quantitative estimate of drug-likeness (QED) is 0.495. The van der Waals surface area contributed by atoms with E-state index in [4.69, 9.17) is 18.6 Å². The Labute approximate surface area is 197 Å². The highest BCUT2D eigenvalue weighted by atomic mass is 32.2. The Morgan fingerprint density at radius 3 is 2.79 bits per heavy atom. The van der Waals surface area contributed by atoms with Gasteiger partial charge in [0.1, 0.15) is 17.4 Å². The minimum Gasteiger partial charge on any atom is -0.485 e. The number of carbonyl (C=O) groups is 2. The number of benzene rings is 1. The number of hydrogen-bond donors (Lipinski definition) is 1. The van der Waals surface area contributed by atoms with Crippen LogP contribution in [0.4, 0.5) is 5.00 Å². The molecule has 3 heterocycles. The monoisotopic (exact) mass is 505 g/mol. The molecule has 0 fully saturated rings. The van der Waals surface area contributed by atoms with E-state index in [2.05, 4.69) is 15.5 Å². The number of fused-ring (bicyclic) bond motifs is 2. The molecule has 34 heavy (non-hydrogen) atoms. The van der Waals surface area contributed by atoms with E-state index >= 15 is 0 Å². The molecule has 1 amide bonds. The average molecular weight is 506 g/mol. The molecule has 11 nitrogen and oxygen atoms in total. The van der Waals surface area contributed by atoms with Crippen molar-refractivity contribution in [1.82, 2.24) is 10.2 Å². The van der Waals surface area contributed by atoms with Crippen molar-refractivity contribution in [3.05, 3.63) is 46.2 Å². The van der Waals surface area contributed by atoms with Gasteiger partial charge in [-0.2, -0.15) is 0 Å². The molecule has 1 aliphatic carbocycles. The Bertz CT molecular complexity index is 1380. The molecule has 3 aromatic rings. The maximum absolute atomic E-state index is 12.7. The van der Waals surface area contributed by atoms with Crippen LogP contribution in [0.3, 0.4) is 0 Å². The normalized spacial score (nSPS) is 16.7. The lowest BCUT2D eigenvalue weighted by Crippen LogP contribution is -2.24. The third-order valence-corrected chi connectivity index (χ3v) is 7.90. The maximum Gasteiger partial charge on any atom is 0.341 e. The fourth-order valence-corrected chi connectivity index (χ4v) is 6.04. The van der Waals surface area contributed by atoms with Crippen LogP contribution in [0.1, 0.15) is 39.2 Å². The molecular weight excluding hydrogens is 486 g/mol. The summed E-state index contributed by atoms with van der Waals surface area (Å²) in [6.07, 6.45) is 1.61. The van der Waals surface area contributed by atoms with Crippen molar-refractivity contribution >= 4 is 38.1 Å². The van der Waals surface area contributed by atoms with Crippen LogP contribution in [0, 0.1) is 0 Å². The van der Waals surface area contributed by atoms with Gasteiger partial charge in [0.25, 0.3) is 5.89 Å². The number of methoxy groups -OCH3 is 1. The number of nitrogens with zero attached hydrogens (tertiary/aromatic N) is 2. The van der Waals surface area contributed by atoms with Crippen LogP contribution in [-0.4, -0.2) is 50.0 Å². The molecule has 0 spiro atoms. The molecule has 5 rings (SSSR count). The number of anilines is 1. The van der Waals surface area contributed by atoms with Gasteiger partial charge in [0, 0.05) is 4.88 Å². The van der Waals surface area contributed by atoms with Crippen LogP contribution in [0.25, 0.3) is 0 Å². The topological polar surface area (TPSA) is 147 Å². The number of sulfone groups is 1. The first-order valence-corrected chi connectivity index (χ1v) is 12.8. The van der Waals surface area contributed by atoms with Crippen LogP contribution < -0.4 is 14.8 Å². The number of carbonyl (C=O) groups excluding carboxylic acids is 2. The number of thiophene rings is 1. The minimum atomic E-state index is -4.25. The van der Waals surface area contributed by atoms with Gasteiger partial charge in [-0.3, -0.25) is 4.79 Å². The first-order chi connectivity index (χ1) is 16.4. The Kier molecular flexibility index (Phi) is 5.73. The van der Waals surface area contributed by atoms with Gasteiger partial charge in [-0.25, -0.2) is 13.2 Å². The number of aryl methyl sites for hydroxylation is 1. The molecular formula is C21H19N3O8S2. The highest BCUT2D eigenvalue weighted by Gasteiger charge is 2.33. The number of ether oxygens (including phenoxy) is 3. The zero-order chi connectivity index (χ0) is 23.9. The number of rotatable bonds is 6. The number of amides is 1. The summed E-state index contributed by atoms with van der Waals surface area (Å²) in [7, 11) is -3.00. The number of esters is 1. The molecule has 178 valence electrons. The third-order valence-electron chi connectivity index (χ3n) is 5.36. The van der Waals surface area contributed by atoms with Crippen molar-refractivity contribution in [2.45, 2.75) is 30.6 Å². The van der Waals surface area contributed by atoms with E-state index < -0.39 is 38.8 Å². The van der Waals surface area contributed by atoms with Crippen LogP contribution in [0.2, 0.25) is 0 Å². The largest absolute Gasteiger partial charge is 0.485 e. The molecule has 13 heteroatoms. The lowest BCUT2D eigenvalue weighted by Gasteiger charge is -2.23. The SMILES string of the molecule is COC(=O)c1c(NC(=O)CS(=O)(=O)c2nnc(C3COc4ccccc4O3)o2)sc2c1CCC2. The van der Waals surface area contributed by atoms with Crippen LogP contribution in [0.5, 0.6) is 11.5 Å². The highest BCUT2D eigenvalue weighted by Crippen LogP contribution is 2.39. The summed E-state index contributed by atoms with van der Waals surface area (Å²) >= 11 is 1.25. The Morgan fingerprint density at radius 1 is 1.21 bits per heavy atom. The van der Waals surface area contributed by atoms with Gasteiger partial charge in [-0.15, -0.1) is 16.4 Å². The second-order valence-electron chi connectivity index (χ2n) is 7.63. The first kappa shape index (κ1) is 22.3. The number of para-hydroxylation sites is 2. The predicted molar refractivity (Wildman–Crippen MR) is 118 cm³/mol. The van der Waals surface area contributed by atoms with Crippen molar-refractivity contribution in [1.29, 1.82) is 0 Å². The summed E-state index contributed by atoms with van der Waals surface area (Å²) in [4.78, 5) is 25.8. The van der Waals surface area contributed by atoms with E-state index in [9.17, 15) is 18.0 Å². The second-order valence-corrected chi connectivity index (χ2v) is 10.6. The zero-order valence-corrected chi connectivity index (χ0v) is 19.5.